The van der Waals surface area contributed by atoms with Crippen molar-refractivity contribution < 1.29 is 31.5 Å². The minimum atomic E-state index is -4.68. The summed E-state index contributed by atoms with van der Waals surface area (Å²) in [7, 11) is -0.912. The van der Waals surface area contributed by atoms with E-state index in [4.69, 9.17) is 0 Å². The summed E-state index contributed by atoms with van der Waals surface area (Å²) in [6, 6.07) is 4.39. The summed E-state index contributed by atoms with van der Waals surface area (Å²) in [4.78, 5) is 13.5. The van der Waals surface area contributed by atoms with Gasteiger partial charge in [0.05, 0.1) is 23.0 Å². The number of halogens is 3. The molecular formula is C15H19F3N2O4S. The highest BCUT2D eigenvalue weighted by atomic mass is 32.2. The van der Waals surface area contributed by atoms with Gasteiger partial charge in [-0.25, -0.2) is 12.7 Å². The van der Waals surface area contributed by atoms with Crippen LogP contribution in [0.2, 0.25) is 0 Å². The van der Waals surface area contributed by atoms with Crippen LogP contribution in [0.3, 0.4) is 0 Å². The third-order valence-corrected chi connectivity index (χ3v) is 6.10. The Bertz CT molecular complexity index is 749. The largest absolute Gasteiger partial charge is 0.417 e. The van der Waals surface area contributed by atoms with E-state index in [1.165, 1.54) is 26.2 Å². The van der Waals surface area contributed by atoms with Crippen molar-refractivity contribution in [2.75, 3.05) is 32.9 Å². The number of likely N-dealkylation sites (tertiary alicyclic amines) is 1. The van der Waals surface area contributed by atoms with Crippen molar-refractivity contribution in [2.24, 2.45) is 5.92 Å². The van der Waals surface area contributed by atoms with Crippen molar-refractivity contribution in [3.63, 3.8) is 0 Å². The van der Waals surface area contributed by atoms with Crippen LogP contribution in [0.5, 0.6) is 0 Å². The number of alkyl halides is 3. The average molecular weight is 380 g/mol. The first-order valence-electron chi connectivity index (χ1n) is 7.47. The van der Waals surface area contributed by atoms with Crippen molar-refractivity contribution in [3.05, 3.63) is 35.4 Å². The molecule has 0 radical (unpaired) electrons. The molecule has 0 bridgehead atoms. The Balaban J connectivity index is 2.21. The van der Waals surface area contributed by atoms with E-state index in [0.29, 0.717) is 0 Å². The van der Waals surface area contributed by atoms with Crippen LogP contribution in [0.1, 0.15) is 15.9 Å². The molecule has 0 spiro atoms. The number of sulfonamides is 1. The number of hydrogen-bond acceptors (Lipinski definition) is 4. The van der Waals surface area contributed by atoms with Gasteiger partial charge in [-0.15, -0.1) is 0 Å². The zero-order chi connectivity index (χ0) is 19.0. The molecule has 10 heteroatoms. The van der Waals surface area contributed by atoms with E-state index >= 15 is 0 Å². The molecule has 1 aromatic rings. The average Bonchev–Trinajstić information content (AvgIpc) is 2.86. The first kappa shape index (κ1) is 19.7. The fraction of sp³-hybridized carbons (Fsp3) is 0.533. The number of carbonyl (C=O) groups is 1. The fourth-order valence-electron chi connectivity index (χ4n) is 2.69. The Labute approximate surface area is 143 Å². The van der Waals surface area contributed by atoms with Gasteiger partial charge >= 0.3 is 6.18 Å². The molecule has 2 rings (SSSR count). The van der Waals surface area contributed by atoms with Crippen LogP contribution >= 0.6 is 0 Å². The second-order valence-corrected chi connectivity index (χ2v) is 8.37. The molecule has 140 valence electrons. The summed E-state index contributed by atoms with van der Waals surface area (Å²) in [5.41, 5.74) is -1.57. The van der Waals surface area contributed by atoms with Crippen LogP contribution < -0.4 is 0 Å². The van der Waals surface area contributed by atoms with Crippen molar-refractivity contribution in [1.82, 2.24) is 9.21 Å². The number of nitrogens with zero attached hydrogens (tertiary/aromatic N) is 2. The third kappa shape index (κ3) is 4.31. The van der Waals surface area contributed by atoms with Gasteiger partial charge in [-0.2, -0.15) is 13.2 Å². The van der Waals surface area contributed by atoms with E-state index in [0.717, 1.165) is 21.3 Å². The lowest BCUT2D eigenvalue weighted by Crippen LogP contribution is -2.34. The van der Waals surface area contributed by atoms with Gasteiger partial charge in [0.1, 0.15) is 0 Å². The smallest absolute Gasteiger partial charge is 0.391 e. The minimum absolute atomic E-state index is 0.126. The summed E-state index contributed by atoms with van der Waals surface area (Å²) < 4.78 is 64.0. The van der Waals surface area contributed by atoms with Crippen LogP contribution in [-0.2, 0) is 16.2 Å². The second kappa shape index (κ2) is 6.93. The van der Waals surface area contributed by atoms with Gasteiger partial charge in [-0.05, 0) is 12.1 Å². The number of aliphatic hydroxyl groups is 1. The maximum absolute atomic E-state index is 13.1. The number of hydrogen-bond donors (Lipinski definition) is 1. The van der Waals surface area contributed by atoms with Crippen LogP contribution in [-0.4, -0.2) is 67.7 Å². The Hall–Kier alpha value is -1.65. The van der Waals surface area contributed by atoms with Gasteiger partial charge in [-0.1, -0.05) is 12.1 Å². The van der Waals surface area contributed by atoms with Gasteiger partial charge < -0.3 is 10.0 Å². The standard InChI is InChI=1S/C15H19F3N2O4S/c1-19(2)25(23,24)9-10-7-20(8-13(10)21)14(22)11-5-3-4-6-12(11)15(16,17)18/h3-6,10,13,21H,7-9H2,1-2H3/t10-,13-/m0/s1. The first-order chi connectivity index (χ1) is 11.4. The molecule has 1 aliphatic rings. The summed E-state index contributed by atoms with van der Waals surface area (Å²) in [5, 5.41) is 10.0. The molecule has 1 aliphatic heterocycles. The van der Waals surface area contributed by atoms with Crippen molar-refractivity contribution in [3.8, 4) is 0 Å². The molecule has 1 amide bonds. The highest BCUT2D eigenvalue weighted by Crippen LogP contribution is 2.33. The lowest BCUT2D eigenvalue weighted by molar-refractivity contribution is -0.138. The summed E-state index contributed by atoms with van der Waals surface area (Å²) in [6.45, 7) is -0.335. The Morgan fingerprint density at radius 2 is 1.88 bits per heavy atom. The molecule has 25 heavy (non-hydrogen) atoms. The molecule has 0 saturated carbocycles. The third-order valence-electron chi connectivity index (χ3n) is 4.14. The second-order valence-electron chi connectivity index (χ2n) is 6.14. The normalized spacial score (nSPS) is 21.8. The Morgan fingerprint density at radius 3 is 2.44 bits per heavy atom. The number of benzene rings is 1. The Morgan fingerprint density at radius 1 is 1.28 bits per heavy atom. The van der Waals surface area contributed by atoms with E-state index in [1.807, 2.05) is 0 Å². The molecule has 2 atom stereocenters. The number of carbonyl (C=O) groups excluding carboxylic acids is 1. The van der Waals surface area contributed by atoms with Gasteiger partial charge in [0.15, 0.2) is 0 Å². The van der Waals surface area contributed by atoms with E-state index < -0.39 is 45.3 Å². The maximum Gasteiger partial charge on any atom is 0.417 e. The monoisotopic (exact) mass is 380 g/mol. The number of aliphatic hydroxyl groups excluding tert-OH is 1. The van der Waals surface area contributed by atoms with E-state index in [1.54, 1.807) is 0 Å². The lowest BCUT2D eigenvalue weighted by atomic mass is 10.1. The molecule has 0 unspecified atom stereocenters. The first-order valence-corrected chi connectivity index (χ1v) is 9.08. The van der Waals surface area contributed by atoms with Crippen molar-refractivity contribution >= 4 is 15.9 Å². The number of β-amino-alcohol motifs (C(OH)–C–C–N with tert-alkyl or cyclic N) is 1. The number of rotatable bonds is 4. The van der Waals surface area contributed by atoms with E-state index in [9.17, 15) is 31.5 Å². The van der Waals surface area contributed by atoms with Crippen LogP contribution in [0, 0.1) is 5.92 Å². The maximum atomic E-state index is 13.1. The van der Waals surface area contributed by atoms with Crippen LogP contribution in [0.15, 0.2) is 24.3 Å². The van der Waals surface area contributed by atoms with Crippen LogP contribution in [0.25, 0.3) is 0 Å². The minimum Gasteiger partial charge on any atom is -0.391 e. The summed E-state index contributed by atoms with van der Waals surface area (Å²) in [5.74, 6) is -2.02. The van der Waals surface area contributed by atoms with Crippen molar-refractivity contribution in [1.29, 1.82) is 0 Å². The zero-order valence-corrected chi connectivity index (χ0v) is 14.5. The topological polar surface area (TPSA) is 77.9 Å². The zero-order valence-electron chi connectivity index (χ0n) is 13.7. The van der Waals surface area contributed by atoms with E-state index in [2.05, 4.69) is 0 Å². The molecule has 1 aromatic carbocycles. The summed E-state index contributed by atoms with van der Waals surface area (Å²) >= 11 is 0. The predicted octanol–water partition coefficient (Wildman–Crippen LogP) is 1.03. The molecule has 0 aromatic heterocycles. The van der Waals surface area contributed by atoms with Gasteiger partial charge in [-0.3, -0.25) is 4.79 Å². The lowest BCUT2D eigenvalue weighted by Gasteiger charge is -2.19. The van der Waals surface area contributed by atoms with Crippen LogP contribution in [0.4, 0.5) is 13.2 Å². The molecular weight excluding hydrogens is 361 g/mol. The predicted molar refractivity (Wildman–Crippen MR) is 84.3 cm³/mol. The fourth-order valence-corrected chi connectivity index (χ4v) is 3.86. The summed E-state index contributed by atoms with van der Waals surface area (Å²) in [6.07, 6.45) is -5.80. The molecule has 6 nitrogen and oxygen atoms in total. The van der Waals surface area contributed by atoms with Gasteiger partial charge in [0.2, 0.25) is 10.0 Å². The molecule has 1 fully saturated rings. The molecule has 0 aliphatic carbocycles. The van der Waals surface area contributed by atoms with Gasteiger partial charge in [0.25, 0.3) is 5.91 Å². The van der Waals surface area contributed by atoms with Crippen molar-refractivity contribution in [2.45, 2.75) is 12.3 Å². The Kier molecular flexibility index (Phi) is 5.45. The molecule has 1 saturated heterocycles. The SMILES string of the molecule is CN(C)S(=O)(=O)C[C@@H]1CN(C(=O)c2ccccc2C(F)(F)F)C[C@@H]1O. The molecule has 1 N–H and O–H groups in total. The highest BCUT2D eigenvalue weighted by molar-refractivity contribution is 7.89. The van der Waals surface area contributed by atoms with E-state index in [-0.39, 0.29) is 18.8 Å². The highest BCUT2D eigenvalue weighted by Gasteiger charge is 2.40. The quantitative estimate of drug-likeness (QED) is 0.846. The van der Waals surface area contributed by atoms with Gasteiger partial charge in [0, 0.05) is 33.1 Å². The number of amides is 1. The molecule has 1 heterocycles.